The number of amides is 1. The Morgan fingerprint density at radius 1 is 1.22 bits per heavy atom. The lowest BCUT2D eigenvalue weighted by Crippen LogP contribution is -2.14. The first-order chi connectivity index (χ1) is 13.1. The molecule has 0 radical (unpaired) electrons. The largest absolute Gasteiger partial charge is 0.366 e. The van der Waals surface area contributed by atoms with E-state index >= 15 is 0 Å². The number of nitrogens with zero attached hydrogens (tertiary/aromatic N) is 1. The first kappa shape index (κ1) is 18.2. The Labute approximate surface area is 157 Å². The zero-order valence-corrected chi connectivity index (χ0v) is 15.1. The minimum atomic E-state index is -0.525. The van der Waals surface area contributed by atoms with Crippen molar-refractivity contribution in [3.05, 3.63) is 82.9 Å². The number of nitrogens with two attached hydrogens (primary N) is 1. The van der Waals surface area contributed by atoms with Crippen molar-refractivity contribution >= 4 is 11.6 Å². The van der Waals surface area contributed by atoms with Crippen molar-refractivity contribution in [2.24, 2.45) is 5.73 Å². The molecule has 3 rings (SSSR count). The quantitative estimate of drug-likeness (QED) is 0.482. The molecule has 0 aliphatic carbocycles. The molecule has 0 spiro atoms. The van der Waals surface area contributed by atoms with Crippen LogP contribution in [-0.4, -0.2) is 23.0 Å². The number of H-pyrrole nitrogens is 1. The standard InChI is InChI=1S/C21H20N4O2/c1-14-8-9-24-19(14)21(27-2)25-18-5-3-4-15(11-18)6-7-16-10-17(20(22)26)13-23-12-16/h3-5,8-13,21,24-25H,1-2H3,(H2,22,26). The van der Waals surface area contributed by atoms with Gasteiger partial charge in [0.2, 0.25) is 5.91 Å². The van der Waals surface area contributed by atoms with Crippen molar-refractivity contribution in [3.8, 4) is 11.8 Å². The Bertz CT molecular complexity index is 1010. The van der Waals surface area contributed by atoms with Crippen molar-refractivity contribution in [2.45, 2.75) is 13.2 Å². The average molecular weight is 360 g/mol. The van der Waals surface area contributed by atoms with Gasteiger partial charge in [0.05, 0.1) is 11.3 Å². The summed E-state index contributed by atoms with van der Waals surface area (Å²) in [6.07, 6.45) is 4.61. The number of aromatic amines is 1. The Balaban J connectivity index is 1.79. The van der Waals surface area contributed by atoms with E-state index in [1.54, 1.807) is 19.4 Å². The predicted octanol–water partition coefficient (Wildman–Crippen LogP) is 2.97. The minimum Gasteiger partial charge on any atom is -0.366 e. The highest BCUT2D eigenvalue weighted by atomic mass is 16.5. The number of benzene rings is 1. The molecule has 4 N–H and O–H groups in total. The summed E-state index contributed by atoms with van der Waals surface area (Å²) in [4.78, 5) is 18.4. The monoisotopic (exact) mass is 360 g/mol. The molecule has 1 aromatic carbocycles. The number of ether oxygens (including phenoxy) is 1. The van der Waals surface area contributed by atoms with E-state index in [0.29, 0.717) is 11.1 Å². The molecule has 2 aromatic heterocycles. The molecule has 0 saturated carbocycles. The van der Waals surface area contributed by atoms with E-state index in [1.165, 1.54) is 6.20 Å². The number of aromatic nitrogens is 2. The highest BCUT2D eigenvalue weighted by molar-refractivity contribution is 5.92. The summed E-state index contributed by atoms with van der Waals surface area (Å²) < 4.78 is 5.55. The minimum absolute atomic E-state index is 0.292. The zero-order valence-electron chi connectivity index (χ0n) is 15.1. The number of anilines is 1. The number of hydrogen-bond acceptors (Lipinski definition) is 4. The summed E-state index contributed by atoms with van der Waals surface area (Å²) in [5, 5.41) is 3.34. The smallest absolute Gasteiger partial charge is 0.250 e. The van der Waals surface area contributed by atoms with Crippen LogP contribution < -0.4 is 11.1 Å². The molecule has 3 aromatic rings. The van der Waals surface area contributed by atoms with Gasteiger partial charge in [0.1, 0.15) is 0 Å². The summed E-state index contributed by atoms with van der Waals surface area (Å²) in [5.41, 5.74) is 10.0. The lowest BCUT2D eigenvalue weighted by Gasteiger charge is -2.18. The molecule has 1 unspecified atom stereocenters. The van der Waals surface area contributed by atoms with E-state index in [4.69, 9.17) is 10.5 Å². The number of rotatable bonds is 5. The molecule has 0 aliphatic heterocycles. The van der Waals surface area contributed by atoms with E-state index < -0.39 is 5.91 Å². The fourth-order valence-electron chi connectivity index (χ4n) is 2.62. The maximum absolute atomic E-state index is 11.2. The maximum Gasteiger partial charge on any atom is 0.250 e. The van der Waals surface area contributed by atoms with Gasteiger partial charge in [-0.3, -0.25) is 9.78 Å². The molecule has 2 heterocycles. The Morgan fingerprint density at radius 2 is 2.04 bits per heavy atom. The first-order valence-electron chi connectivity index (χ1n) is 8.37. The van der Waals surface area contributed by atoms with Crippen molar-refractivity contribution in [1.29, 1.82) is 0 Å². The number of carbonyl (C=O) groups is 1. The molecule has 27 heavy (non-hydrogen) atoms. The second kappa shape index (κ2) is 8.21. The number of primary amides is 1. The second-order valence-corrected chi connectivity index (χ2v) is 5.99. The van der Waals surface area contributed by atoms with Crippen molar-refractivity contribution in [1.82, 2.24) is 9.97 Å². The number of aryl methyl sites for hydroxylation is 1. The van der Waals surface area contributed by atoms with Gasteiger partial charge in [-0.15, -0.1) is 0 Å². The molecule has 1 atom stereocenters. The van der Waals surface area contributed by atoms with Crippen LogP contribution in [0.1, 0.15) is 39.0 Å². The molecule has 136 valence electrons. The Hall–Kier alpha value is -3.56. The third-order valence-corrected chi connectivity index (χ3v) is 4.03. The summed E-state index contributed by atoms with van der Waals surface area (Å²) in [5.74, 6) is 5.55. The van der Waals surface area contributed by atoms with Gasteiger partial charge in [-0.1, -0.05) is 17.9 Å². The molecular weight excluding hydrogens is 340 g/mol. The van der Waals surface area contributed by atoms with Crippen molar-refractivity contribution in [3.63, 3.8) is 0 Å². The van der Waals surface area contributed by atoms with Crippen LogP contribution in [0.5, 0.6) is 0 Å². The van der Waals surface area contributed by atoms with E-state index in [-0.39, 0.29) is 6.23 Å². The second-order valence-electron chi connectivity index (χ2n) is 5.99. The third kappa shape index (κ3) is 4.54. The van der Waals surface area contributed by atoms with Crippen LogP contribution in [0.2, 0.25) is 0 Å². The van der Waals surface area contributed by atoms with Gasteiger partial charge < -0.3 is 20.8 Å². The lowest BCUT2D eigenvalue weighted by molar-refractivity contribution is 0.1000. The first-order valence-corrected chi connectivity index (χ1v) is 8.37. The zero-order chi connectivity index (χ0) is 19.2. The Kier molecular flexibility index (Phi) is 5.55. The molecular formula is C21H20N4O2. The van der Waals surface area contributed by atoms with Crippen LogP contribution in [0.15, 0.2) is 55.0 Å². The van der Waals surface area contributed by atoms with E-state index in [2.05, 4.69) is 27.1 Å². The third-order valence-electron chi connectivity index (χ3n) is 4.03. The molecule has 6 heteroatoms. The normalized spacial score (nSPS) is 11.3. The molecule has 0 aliphatic rings. The summed E-state index contributed by atoms with van der Waals surface area (Å²) in [6.45, 7) is 2.02. The predicted molar refractivity (Wildman–Crippen MR) is 104 cm³/mol. The maximum atomic E-state index is 11.2. The van der Waals surface area contributed by atoms with Crippen LogP contribution in [-0.2, 0) is 4.74 Å². The van der Waals surface area contributed by atoms with Gasteiger partial charge in [0.25, 0.3) is 0 Å². The molecule has 0 bridgehead atoms. The van der Waals surface area contributed by atoms with Crippen LogP contribution >= 0.6 is 0 Å². The topological polar surface area (TPSA) is 93.0 Å². The van der Waals surface area contributed by atoms with Gasteiger partial charge in [-0.05, 0) is 42.8 Å². The SMILES string of the molecule is COC(Nc1cccc(C#Cc2cncc(C(N)=O)c2)c1)c1[nH]ccc1C. The van der Waals surface area contributed by atoms with E-state index in [0.717, 1.165) is 22.5 Å². The van der Waals surface area contributed by atoms with Crippen molar-refractivity contribution in [2.75, 3.05) is 12.4 Å². The fourth-order valence-corrected chi connectivity index (χ4v) is 2.62. The number of nitrogens with one attached hydrogen (secondary N) is 2. The number of hydrogen-bond donors (Lipinski definition) is 3. The summed E-state index contributed by atoms with van der Waals surface area (Å²) >= 11 is 0. The van der Waals surface area contributed by atoms with Crippen LogP contribution in [0.4, 0.5) is 5.69 Å². The molecule has 0 saturated heterocycles. The van der Waals surface area contributed by atoms with Gasteiger partial charge in [0.15, 0.2) is 6.23 Å². The fraction of sp³-hybridized carbons (Fsp3) is 0.143. The lowest BCUT2D eigenvalue weighted by atomic mass is 10.1. The van der Waals surface area contributed by atoms with Gasteiger partial charge >= 0.3 is 0 Å². The highest BCUT2D eigenvalue weighted by Crippen LogP contribution is 2.22. The van der Waals surface area contributed by atoms with Gasteiger partial charge in [-0.2, -0.15) is 0 Å². The average Bonchev–Trinajstić information content (AvgIpc) is 3.11. The highest BCUT2D eigenvalue weighted by Gasteiger charge is 2.13. The summed E-state index contributed by atoms with van der Waals surface area (Å²) in [6, 6.07) is 11.3. The van der Waals surface area contributed by atoms with Crippen LogP contribution in [0.25, 0.3) is 0 Å². The summed E-state index contributed by atoms with van der Waals surface area (Å²) in [7, 11) is 1.65. The van der Waals surface area contributed by atoms with Crippen molar-refractivity contribution < 1.29 is 9.53 Å². The van der Waals surface area contributed by atoms with E-state index in [1.807, 2.05) is 43.5 Å². The van der Waals surface area contributed by atoms with Gasteiger partial charge in [-0.25, -0.2) is 0 Å². The molecule has 0 fully saturated rings. The van der Waals surface area contributed by atoms with Gasteiger partial charge in [0, 0.05) is 42.5 Å². The molecule has 6 nitrogen and oxygen atoms in total. The number of carbonyl (C=O) groups excluding carboxylic acids is 1. The van der Waals surface area contributed by atoms with Crippen LogP contribution in [0.3, 0.4) is 0 Å². The Morgan fingerprint density at radius 3 is 2.74 bits per heavy atom. The number of pyridine rings is 1. The molecule has 1 amide bonds. The van der Waals surface area contributed by atoms with Crippen LogP contribution in [0, 0.1) is 18.8 Å². The van der Waals surface area contributed by atoms with E-state index in [9.17, 15) is 4.79 Å². The number of methoxy groups -OCH3 is 1.